The molecule has 0 aliphatic heterocycles. The summed E-state index contributed by atoms with van der Waals surface area (Å²) in [6, 6.07) is 10.1. The number of allylic oxidation sites excluding steroid dienone is 3. The number of aromatic nitrogens is 5. The fraction of sp³-hybridized carbons (Fsp3) is 0.0588. The average molecular weight is 322 g/mol. The third-order valence-corrected chi connectivity index (χ3v) is 3.24. The van der Waals surface area contributed by atoms with Crippen LogP contribution in [0, 0.1) is 5.82 Å². The maximum atomic E-state index is 14.4. The van der Waals surface area contributed by atoms with E-state index in [-0.39, 0.29) is 0 Å². The van der Waals surface area contributed by atoms with Crippen LogP contribution in [-0.4, -0.2) is 25.2 Å². The smallest absolute Gasteiger partial charge is 0.179 e. The molecule has 0 aliphatic carbocycles. The Kier molecular flexibility index (Phi) is 4.71. The summed E-state index contributed by atoms with van der Waals surface area (Å²) in [5, 5.41) is 12.1. The molecule has 2 aromatic heterocycles. The number of pyridine rings is 1. The number of benzene rings is 1. The second-order valence-electron chi connectivity index (χ2n) is 4.89. The van der Waals surface area contributed by atoms with Gasteiger partial charge in [-0.05, 0) is 41.8 Å². The second-order valence-corrected chi connectivity index (χ2v) is 4.89. The van der Waals surface area contributed by atoms with Crippen LogP contribution in [0.4, 0.5) is 4.39 Å². The van der Waals surface area contributed by atoms with Crippen molar-refractivity contribution in [1.82, 2.24) is 25.2 Å². The maximum absolute atomic E-state index is 14.4. The first kappa shape index (κ1) is 15.5. The second kappa shape index (κ2) is 7.28. The number of nitrogens with zero attached hydrogens (tertiary/aromatic N) is 5. The summed E-state index contributed by atoms with van der Waals surface area (Å²) in [7, 11) is 0. The first-order valence-corrected chi connectivity index (χ1v) is 7.31. The van der Waals surface area contributed by atoms with Crippen LogP contribution in [0.5, 0.6) is 0 Å². The Bertz CT molecular complexity index is 870. The normalized spacial score (nSPS) is 11.5. The van der Waals surface area contributed by atoms with Crippen LogP contribution < -0.4 is 5.73 Å². The van der Waals surface area contributed by atoms with Gasteiger partial charge >= 0.3 is 0 Å². The third kappa shape index (κ3) is 3.52. The number of nitrogens with two attached hydrogens (primary N) is 1. The van der Waals surface area contributed by atoms with Crippen molar-refractivity contribution in [2.75, 3.05) is 0 Å². The number of hydrogen-bond donors (Lipinski definition) is 1. The fourth-order valence-electron chi connectivity index (χ4n) is 2.11. The predicted octanol–water partition coefficient (Wildman–Crippen LogP) is 2.43. The minimum absolute atomic E-state index is 0.391. The lowest BCUT2D eigenvalue weighted by molar-refractivity contribution is 0.624. The lowest BCUT2D eigenvalue weighted by Crippen LogP contribution is -2.01. The molecule has 120 valence electrons. The highest BCUT2D eigenvalue weighted by Gasteiger charge is 2.10. The standard InChI is InChI=1S/C17H15FN6/c18-15-12-13(8-9-14(15)16-6-3-5-11-20-16)24-22-17(21-23-24)7-2-1-4-10-19/h1-6,8-12H,7,19H2/b2-1-,10-4-. The average Bonchev–Trinajstić information content (AvgIpc) is 3.08. The number of tetrazole rings is 1. The Morgan fingerprint density at radius 2 is 2.08 bits per heavy atom. The molecule has 0 radical (unpaired) electrons. The zero-order chi connectivity index (χ0) is 16.8. The maximum Gasteiger partial charge on any atom is 0.179 e. The van der Waals surface area contributed by atoms with Gasteiger partial charge in [0.05, 0.1) is 11.4 Å². The van der Waals surface area contributed by atoms with E-state index < -0.39 is 5.82 Å². The van der Waals surface area contributed by atoms with Crippen molar-refractivity contribution in [2.45, 2.75) is 6.42 Å². The van der Waals surface area contributed by atoms with E-state index >= 15 is 0 Å². The highest BCUT2D eigenvalue weighted by atomic mass is 19.1. The molecule has 3 rings (SSSR count). The van der Waals surface area contributed by atoms with Gasteiger partial charge in [0.1, 0.15) is 5.82 Å². The molecule has 6 nitrogen and oxygen atoms in total. The van der Waals surface area contributed by atoms with E-state index in [0.717, 1.165) is 0 Å². The topological polar surface area (TPSA) is 82.5 Å². The van der Waals surface area contributed by atoms with Gasteiger partial charge in [0, 0.05) is 24.2 Å². The summed E-state index contributed by atoms with van der Waals surface area (Å²) in [4.78, 5) is 5.45. The Hall–Kier alpha value is -3.35. The first-order chi connectivity index (χ1) is 11.8. The summed E-state index contributed by atoms with van der Waals surface area (Å²) in [5.74, 6) is 0.143. The molecule has 0 saturated carbocycles. The summed E-state index contributed by atoms with van der Waals surface area (Å²) in [6.45, 7) is 0. The molecule has 2 heterocycles. The largest absolute Gasteiger partial charge is 0.405 e. The zero-order valence-corrected chi connectivity index (χ0v) is 12.7. The van der Waals surface area contributed by atoms with Crippen molar-refractivity contribution >= 4 is 0 Å². The monoisotopic (exact) mass is 322 g/mol. The van der Waals surface area contributed by atoms with Gasteiger partial charge in [-0.15, -0.1) is 15.0 Å². The Morgan fingerprint density at radius 3 is 2.83 bits per heavy atom. The molecule has 0 spiro atoms. The van der Waals surface area contributed by atoms with Gasteiger partial charge in [-0.2, -0.15) is 0 Å². The molecular weight excluding hydrogens is 307 g/mol. The third-order valence-electron chi connectivity index (χ3n) is 3.24. The summed E-state index contributed by atoms with van der Waals surface area (Å²) in [5.41, 5.74) is 6.74. The quantitative estimate of drug-likeness (QED) is 0.730. The van der Waals surface area contributed by atoms with Crippen LogP contribution in [0.3, 0.4) is 0 Å². The molecule has 0 fully saturated rings. The molecule has 3 aromatic rings. The van der Waals surface area contributed by atoms with Gasteiger partial charge in [-0.1, -0.05) is 18.2 Å². The van der Waals surface area contributed by atoms with Crippen LogP contribution in [-0.2, 0) is 6.42 Å². The number of hydrogen-bond acceptors (Lipinski definition) is 5. The van der Waals surface area contributed by atoms with Crippen LogP contribution in [0.1, 0.15) is 5.82 Å². The molecule has 0 atom stereocenters. The van der Waals surface area contributed by atoms with E-state index in [4.69, 9.17) is 5.73 Å². The number of rotatable bonds is 5. The van der Waals surface area contributed by atoms with E-state index in [0.29, 0.717) is 29.2 Å². The Labute approximate surface area is 138 Å². The lowest BCUT2D eigenvalue weighted by Gasteiger charge is -2.04. The SMILES string of the molecule is N/C=C\C=C/Cc1nnn(-c2ccc(-c3ccccn3)c(F)c2)n1. The van der Waals surface area contributed by atoms with Crippen LogP contribution in [0.25, 0.3) is 16.9 Å². The minimum Gasteiger partial charge on any atom is -0.405 e. The molecule has 2 N–H and O–H groups in total. The molecule has 0 amide bonds. The Morgan fingerprint density at radius 1 is 1.17 bits per heavy atom. The van der Waals surface area contributed by atoms with Crippen molar-refractivity contribution in [3.05, 3.63) is 78.7 Å². The van der Waals surface area contributed by atoms with Crippen molar-refractivity contribution in [3.8, 4) is 16.9 Å². The van der Waals surface area contributed by atoms with Gasteiger partial charge in [0.25, 0.3) is 0 Å². The molecule has 0 saturated heterocycles. The van der Waals surface area contributed by atoms with E-state index in [9.17, 15) is 4.39 Å². The van der Waals surface area contributed by atoms with Crippen molar-refractivity contribution in [3.63, 3.8) is 0 Å². The van der Waals surface area contributed by atoms with Crippen molar-refractivity contribution in [2.24, 2.45) is 5.73 Å². The highest BCUT2D eigenvalue weighted by Crippen LogP contribution is 2.22. The molecule has 0 bridgehead atoms. The van der Waals surface area contributed by atoms with Gasteiger partial charge in [-0.3, -0.25) is 4.98 Å². The van der Waals surface area contributed by atoms with Gasteiger partial charge in [0.15, 0.2) is 5.82 Å². The Balaban J connectivity index is 1.81. The molecule has 0 unspecified atom stereocenters. The van der Waals surface area contributed by atoms with E-state index in [2.05, 4.69) is 20.4 Å². The van der Waals surface area contributed by atoms with Gasteiger partial charge < -0.3 is 5.73 Å². The number of halogens is 1. The minimum atomic E-state index is -0.391. The molecular formula is C17H15FN6. The summed E-state index contributed by atoms with van der Waals surface area (Å²) >= 11 is 0. The molecule has 24 heavy (non-hydrogen) atoms. The predicted molar refractivity (Wildman–Crippen MR) is 88.5 cm³/mol. The first-order valence-electron chi connectivity index (χ1n) is 7.31. The van der Waals surface area contributed by atoms with Gasteiger partial charge in [-0.25, -0.2) is 4.39 Å². The van der Waals surface area contributed by atoms with Crippen LogP contribution >= 0.6 is 0 Å². The molecule has 0 aliphatic rings. The van der Waals surface area contributed by atoms with E-state index in [1.54, 1.807) is 42.6 Å². The summed E-state index contributed by atoms with van der Waals surface area (Å²) < 4.78 is 14.4. The van der Waals surface area contributed by atoms with Crippen molar-refractivity contribution < 1.29 is 4.39 Å². The fourth-order valence-corrected chi connectivity index (χ4v) is 2.11. The van der Waals surface area contributed by atoms with Gasteiger partial charge in [0.2, 0.25) is 0 Å². The van der Waals surface area contributed by atoms with E-state index in [1.165, 1.54) is 17.1 Å². The molecule has 1 aromatic carbocycles. The van der Waals surface area contributed by atoms with Crippen LogP contribution in [0.15, 0.2) is 67.0 Å². The van der Waals surface area contributed by atoms with Crippen LogP contribution in [0.2, 0.25) is 0 Å². The van der Waals surface area contributed by atoms with Crippen molar-refractivity contribution in [1.29, 1.82) is 0 Å². The highest BCUT2D eigenvalue weighted by molar-refractivity contribution is 5.61. The molecule has 7 heteroatoms. The lowest BCUT2D eigenvalue weighted by atomic mass is 10.1. The van der Waals surface area contributed by atoms with E-state index in [1.807, 2.05) is 12.1 Å². The summed E-state index contributed by atoms with van der Waals surface area (Å²) in [6.07, 6.45) is 8.93. The zero-order valence-electron chi connectivity index (χ0n) is 12.7.